The molecular weight excluding hydrogens is 342 g/mol. The van der Waals surface area contributed by atoms with Crippen LogP contribution in [0.2, 0.25) is 5.02 Å². The zero-order valence-electron chi connectivity index (χ0n) is 11.7. The van der Waals surface area contributed by atoms with Gasteiger partial charge >= 0.3 is 6.09 Å². The second kappa shape index (κ2) is 5.78. The van der Waals surface area contributed by atoms with Crippen LogP contribution in [0.4, 0.5) is 4.79 Å². The number of rotatable bonds is 1. The van der Waals surface area contributed by atoms with E-state index in [9.17, 15) is 4.79 Å². The van der Waals surface area contributed by atoms with Gasteiger partial charge in [0.2, 0.25) is 0 Å². The third-order valence-electron chi connectivity index (χ3n) is 2.85. The van der Waals surface area contributed by atoms with Crippen molar-refractivity contribution in [3.05, 3.63) is 39.3 Å². The van der Waals surface area contributed by atoms with Gasteiger partial charge in [-0.15, -0.1) is 0 Å². The van der Waals surface area contributed by atoms with Gasteiger partial charge in [-0.1, -0.05) is 39.7 Å². The summed E-state index contributed by atoms with van der Waals surface area (Å²) < 4.78 is 6.31. The molecule has 1 aromatic carbocycles. The largest absolute Gasteiger partial charge is 0.444 e. The molecule has 1 aromatic rings. The Balaban J connectivity index is 2.07. The van der Waals surface area contributed by atoms with Gasteiger partial charge < -0.3 is 9.64 Å². The van der Waals surface area contributed by atoms with Crippen LogP contribution in [0.1, 0.15) is 26.3 Å². The van der Waals surface area contributed by atoms with Crippen molar-refractivity contribution in [2.24, 2.45) is 0 Å². The van der Waals surface area contributed by atoms with Crippen molar-refractivity contribution in [1.82, 2.24) is 4.90 Å². The minimum absolute atomic E-state index is 0.294. The Morgan fingerprint density at radius 1 is 1.40 bits per heavy atom. The molecule has 0 saturated heterocycles. The van der Waals surface area contributed by atoms with Crippen molar-refractivity contribution < 1.29 is 9.53 Å². The molecule has 0 bridgehead atoms. The van der Waals surface area contributed by atoms with Gasteiger partial charge in [0.1, 0.15) is 5.60 Å². The van der Waals surface area contributed by atoms with Crippen molar-refractivity contribution in [3.8, 4) is 0 Å². The van der Waals surface area contributed by atoms with E-state index in [0.29, 0.717) is 18.1 Å². The maximum absolute atomic E-state index is 12.0. The molecule has 1 amide bonds. The Morgan fingerprint density at radius 2 is 2.10 bits per heavy atom. The van der Waals surface area contributed by atoms with Crippen LogP contribution in [0.25, 0.3) is 5.57 Å². The topological polar surface area (TPSA) is 29.5 Å². The van der Waals surface area contributed by atoms with Crippen molar-refractivity contribution in [2.75, 3.05) is 13.1 Å². The molecule has 0 atom stereocenters. The molecule has 5 heteroatoms. The first-order valence-electron chi connectivity index (χ1n) is 6.38. The van der Waals surface area contributed by atoms with Crippen molar-refractivity contribution >= 4 is 39.2 Å². The maximum Gasteiger partial charge on any atom is 0.410 e. The quantitative estimate of drug-likeness (QED) is 0.726. The fraction of sp³-hybridized carbons (Fsp3) is 0.400. The van der Waals surface area contributed by atoms with E-state index in [0.717, 1.165) is 15.6 Å². The molecule has 3 nitrogen and oxygen atoms in total. The monoisotopic (exact) mass is 357 g/mol. The molecule has 2 rings (SSSR count). The number of carbonyl (C=O) groups is 1. The number of nitrogens with zero attached hydrogens (tertiary/aromatic N) is 1. The van der Waals surface area contributed by atoms with Crippen molar-refractivity contribution in [1.29, 1.82) is 0 Å². The third kappa shape index (κ3) is 3.76. The van der Waals surface area contributed by atoms with Crippen LogP contribution in [0.3, 0.4) is 0 Å². The predicted molar refractivity (Wildman–Crippen MR) is 84.9 cm³/mol. The first kappa shape index (κ1) is 15.4. The number of benzene rings is 1. The van der Waals surface area contributed by atoms with E-state index >= 15 is 0 Å². The third-order valence-corrected chi connectivity index (χ3v) is 3.65. The Kier molecular flexibility index (Phi) is 4.45. The average Bonchev–Trinajstić information content (AvgIpc) is 2.75. The lowest BCUT2D eigenvalue weighted by molar-refractivity contribution is 0.0306. The zero-order chi connectivity index (χ0) is 14.9. The summed E-state index contributed by atoms with van der Waals surface area (Å²) in [6.07, 6.45) is 1.72. The summed E-state index contributed by atoms with van der Waals surface area (Å²) in [5.74, 6) is 0. The highest BCUT2D eigenvalue weighted by Gasteiger charge is 2.26. The van der Waals surface area contributed by atoms with Gasteiger partial charge in [-0.3, -0.25) is 0 Å². The van der Waals surface area contributed by atoms with Crippen molar-refractivity contribution in [3.63, 3.8) is 0 Å². The SMILES string of the molecule is CC(C)(C)OC(=O)N1CC=C(c2ccc(Br)cc2Cl)C1. The van der Waals surface area contributed by atoms with E-state index in [4.69, 9.17) is 16.3 Å². The normalized spacial score (nSPS) is 15.2. The summed E-state index contributed by atoms with van der Waals surface area (Å²) in [6.45, 7) is 6.66. The van der Waals surface area contributed by atoms with Crippen LogP contribution in [0.15, 0.2) is 28.7 Å². The standard InChI is InChI=1S/C15H17BrClNO2/c1-15(2,3)20-14(19)18-7-6-10(9-18)12-5-4-11(16)8-13(12)17/h4-6,8H,7,9H2,1-3H3. The number of hydrogen-bond donors (Lipinski definition) is 0. The lowest BCUT2D eigenvalue weighted by atomic mass is 10.1. The summed E-state index contributed by atoms with van der Waals surface area (Å²) >= 11 is 9.62. The van der Waals surface area contributed by atoms with Crippen molar-refractivity contribution in [2.45, 2.75) is 26.4 Å². The molecule has 1 aliphatic heterocycles. The highest BCUT2D eigenvalue weighted by atomic mass is 79.9. The summed E-state index contributed by atoms with van der Waals surface area (Å²) in [5.41, 5.74) is 1.53. The Labute approximate surface area is 132 Å². The van der Waals surface area contributed by atoms with Gasteiger partial charge in [-0.2, -0.15) is 0 Å². The molecule has 108 valence electrons. The van der Waals surface area contributed by atoms with E-state index in [1.165, 1.54) is 0 Å². The number of amides is 1. The summed E-state index contributed by atoms with van der Waals surface area (Å²) in [6, 6.07) is 5.75. The van der Waals surface area contributed by atoms with Gasteiger partial charge in [0.25, 0.3) is 0 Å². The first-order chi connectivity index (χ1) is 9.26. The lowest BCUT2D eigenvalue weighted by Crippen LogP contribution is -2.35. The predicted octanol–water partition coefficient (Wildman–Crippen LogP) is 4.74. The van der Waals surface area contributed by atoms with Gasteiger partial charge in [0, 0.05) is 22.6 Å². The van der Waals surface area contributed by atoms with Gasteiger partial charge in [0.15, 0.2) is 0 Å². The zero-order valence-corrected chi connectivity index (χ0v) is 14.1. The van der Waals surface area contributed by atoms with E-state index < -0.39 is 5.60 Å². The molecule has 1 aliphatic rings. The maximum atomic E-state index is 12.0. The second-order valence-electron chi connectivity index (χ2n) is 5.71. The Hall–Kier alpha value is -1.000. The lowest BCUT2D eigenvalue weighted by Gasteiger charge is -2.24. The minimum atomic E-state index is -0.477. The van der Waals surface area contributed by atoms with Crippen LogP contribution >= 0.6 is 27.5 Å². The summed E-state index contributed by atoms with van der Waals surface area (Å²) in [4.78, 5) is 13.7. The number of halogens is 2. The average molecular weight is 359 g/mol. The molecular formula is C15H17BrClNO2. The smallest absolute Gasteiger partial charge is 0.410 e. The second-order valence-corrected chi connectivity index (χ2v) is 7.04. The Bertz CT molecular complexity index is 563. The van der Waals surface area contributed by atoms with Crippen LogP contribution < -0.4 is 0 Å². The number of hydrogen-bond acceptors (Lipinski definition) is 2. The van der Waals surface area contributed by atoms with Gasteiger partial charge in [0.05, 0.1) is 0 Å². The van der Waals surface area contributed by atoms with Gasteiger partial charge in [-0.05, 0) is 44.0 Å². The summed E-state index contributed by atoms with van der Waals surface area (Å²) in [5, 5.41) is 0.677. The number of ether oxygens (including phenoxy) is 1. The van der Waals surface area contributed by atoms with Crippen LogP contribution in [-0.4, -0.2) is 29.7 Å². The first-order valence-corrected chi connectivity index (χ1v) is 7.56. The molecule has 0 fully saturated rings. The Morgan fingerprint density at radius 3 is 2.70 bits per heavy atom. The molecule has 1 heterocycles. The molecule has 0 radical (unpaired) electrons. The molecule has 0 spiro atoms. The summed E-state index contributed by atoms with van der Waals surface area (Å²) in [7, 11) is 0. The highest BCUT2D eigenvalue weighted by Crippen LogP contribution is 2.30. The van der Waals surface area contributed by atoms with Crippen LogP contribution in [0.5, 0.6) is 0 Å². The molecule has 0 unspecified atom stereocenters. The number of carbonyl (C=O) groups excluding carboxylic acids is 1. The molecule has 0 aliphatic carbocycles. The molecule has 0 aromatic heterocycles. The van der Waals surface area contributed by atoms with E-state index in [2.05, 4.69) is 15.9 Å². The highest BCUT2D eigenvalue weighted by molar-refractivity contribution is 9.10. The van der Waals surface area contributed by atoms with E-state index in [-0.39, 0.29) is 6.09 Å². The van der Waals surface area contributed by atoms with Crippen LogP contribution in [-0.2, 0) is 4.74 Å². The van der Waals surface area contributed by atoms with E-state index in [1.54, 1.807) is 4.90 Å². The molecule has 0 N–H and O–H groups in total. The van der Waals surface area contributed by atoms with Crippen LogP contribution in [0, 0.1) is 0 Å². The molecule has 20 heavy (non-hydrogen) atoms. The minimum Gasteiger partial charge on any atom is -0.444 e. The van der Waals surface area contributed by atoms with Gasteiger partial charge in [-0.25, -0.2) is 4.79 Å². The molecule has 0 saturated carbocycles. The fourth-order valence-electron chi connectivity index (χ4n) is 1.97. The fourth-order valence-corrected chi connectivity index (χ4v) is 2.76. The van der Waals surface area contributed by atoms with E-state index in [1.807, 2.05) is 45.0 Å².